The van der Waals surface area contributed by atoms with Crippen molar-refractivity contribution in [3.63, 3.8) is 0 Å². The second-order valence-electron chi connectivity index (χ2n) is 10.2. The number of allylic oxidation sites excluding steroid dienone is 2. The van der Waals surface area contributed by atoms with Gasteiger partial charge in [-0.05, 0) is 62.6 Å². The van der Waals surface area contributed by atoms with Crippen LogP contribution in [-0.2, 0) is 6.42 Å². The van der Waals surface area contributed by atoms with Crippen LogP contribution in [0.1, 0.15) is 49.1 Å². The van der Waals surface area contributed by atoms with E-state index in [2.05, 4.69) is 97.7 Å². The quantitative estimate of drug-likeness (QED) is 0.205. The topological polar surface area (TPSA) is 48.5 Å². The number of para-hydroxylation sites is 1. The molecule has 0 N–H and O–H groups in total. The van der Waals surface area contributed by atoms with Crippen LogP contribution in [0.3, 0.4) is 0 Å². The SMILES string of the molecule is C=Cc1c(CC)n(-c2nc(C(=C)C)nc(-c3ccccc3)n2)c2cc(-n3c(/C=C\C)c(C)c4ccccc43)ccc12. The van der Waals surface area contributed by atoms with Gasteiger partial charge in [0.05, 0.1) is 11.0 Å². The Labute approximate surface area is 240 Å². The minimum atomic E-state index is 0.575. The van der Waals surface area contributed by atoms with Gasteiger partial charge in [-0.15, -0.1) is 0 Å². The Morgan fingerprint density at radius 2 is 1.63 bits per heavy atom. The molecule has 0 aliphatic heterocycles. The van der Waals surface area contributed by atoms with Gasteiger partial charge in [-0.3, -0.25) is 4.57 Å². The van der Waals surface area contributed by atoms with E-state index in [4.69, 9.17) is 15.0 Å². The van der Waals surface area contributed by atoms with Gasteiger partial charge < -0.3 is 4.57 Å². The van der Waals surface area contributed by atoms with Crippen molar-refractivity contribution in [2.24, 2.45) is 0 Å². The molecule has 0 aliphatic rings. The summed E-state index contributed by atoms with van der Waals surface area (Å²) >= 11 is 0. The van der Waals surface area contributed by atoms with Crippen LogP contribution in [0.15, 0.2) is 92.0 Å². The van der Waals surface area contributed by atoms with E-state index in [1.807, 2.05) is 43.3 Å². The lowest BCUT2D eigenvalue weighted by atomic mass is 10.1. The van der Waals surface area contributed by atoms with Crippen molar-refractivity contribution < 1.29 is 0 Å². The van der Waals surface area contributed by atoms with Gasteiger partial charge in [0.1, 0.15) is 0 Å². The highest BCUT2D eigenvalue weighted by Gasteiger charge is 2.21. The van der Waals surface area contributed by atoms with E-state index in [0.717, 1.165) is 45.4 Å². The van der Waals surface area contributed by atoms with Crippen molar-refractivity contribution in [3.8, 4) is 23.0 Å². The predicted octanol–water partition coefficient (Wildman–Crippen LogP) is 9.01. The molecule has 202 valence electrons. The molecule has 5 heteroatoms. The molecule has 3 heterocycles. The molecule has 0 saturated carbocycles. The third kappa shape index (κ3) is 4.30. The van der Waals surface area contributed by atoms with Gasteiger partial charge in [0.25, 0.3) is 0 Å². The largest absolute Gasteiger partial charge is 0.310 e. The Morgan fingerprint density at radius 1 is 0.878 bits per heavy atom. The molecule has 0 saturated heterocycles. The lowest BCUT2D eigenvalue weighted by Crippen LogP contribution is -2.10. The van der Waals surface area contributed by atoms with Crippen LogP contribution in [0.2, 0.25) is 0 Å². The van der Waals surface area contributed by atoms with Crippen molar-refractivity contribution in [2.75, 3.05) is 0 Å². The number of hydrogen-bond acceptors (Lipinski definition) is 3. The van der Waals surface area contributed by atoms with E-state index in [1.54, 1.807) is 0 Å². The molecule has 5 nitrogen and oxygen atoms in total. The summed E-state index contributed by atoms with van der Waals surface area (Å²) in [6.45, 7) is 16.7. The summed E-state index contributed by atoms with van der Waals surface area (Å²) in [4.78, 5) is 14.7. The maximum atomic E-state index is 5.01. The lowest BCUT2D eigenvalue weighted by Gasteiger charge is -2.13. The van der Waals surface area contributed by atoms with Gasteiger partial charge in [0, 0.05) is 39.0 Å². The Kier molecular flexibility index (Phi) is 6.72. The van der Waals surface area contributed by atoms with Gasteiger partial charge in [-0.1, -0.05) is 86.8 Å². The van der Waals surface area contributed by atoms with E-state index in [0.29, 0.717) is 17.6 Å². The van der Waals surface area contributed by atoms with Gasteiger partial charge in [0.2, 0.25) is 5.95 Å². The van der Waals surface area contributed by atoms with Crippen LogP contribution in [0, 0.1) is 6.92 Å². The molecule has 41 heavy (non-hydrogen) atoms. The van der Waals surface area contributed by atoms with Crippen LogP contribution in [0.5, 0.6) is 0 Å². The molecule has 0 fully saturated rings. The Bertz CT molecular complexity index is 1990. The van der Waals surface area contributed by atoms with Gasteiger partial charge in [-0.25, -0.2) is 4.98 Å². The fraction of sp³-hybridized carbons (Fsp3) is 0.139. The fourth-order valence-electron chi connectivity index (χ4n) is 5.73. The molecule has 6 aromatic rings. The van der Waals surface area contributed by atoms with Crippen molar-refractivity contribution in [2.45, 2.75) is 34.1 Å². The summed E-state index contributed by atoms with van der Waals surface area (Å²) in [7, 11) is 0. The monoisotopic (exact) mass is 535 g/mol. The van der Waals surface area contributed by atoms with Gasteiger partial charge >= 0.3 is 0 Å². The average molecular weight is 536 g/mol. The third-order valence-electron chi connectivity index (χ3n) is 7.63. The summed E-state index contributed by atoms with van der Waals surface area (Å²) < 4.78 is 4.51. The maximum absolute atomic E-state index is 5.01. The Morgan fingerprint density at radius 3 is 2.34 bits per heavy atom. The molecule has 0 amide bonds. The summed E-state index contributed by atoms with van der Waals surface area (Å²) in [6, 6.07) is 25.2. The number of aromatic nitrogens is 5. The first-order chi connectivity index (χ1) is 20.0. The summed E-state index contributed by atoms with van der Waals surface area (Å²) in [6.07, 6.45) is 7.01. The van der Waals surface area contributed by atoms with Crippen LogP contribution in [0.25, 0.3) is 62.6 Å². The first kappa shape index (κ1) is 26.2. The zero-order valence-corrected chi connectivity index (χ0v) is 24.0. The molecule has 0 aliphatic carbocycles. The molecule has 0 radical (unpaired) electrons. The number of fused-ring (bicyclic) bond motifs is 2. The highest BCUT2D eigenvalue weighted by molar-refractivity contribution is 5.95. The predicted molar refractivity (Wildman–Crippen MR) is 173 cm³/mol. The third-order valence-corrected chi connectivity index (χ3v) is 7.63. The number of hydrogen-bond donors (Lipinski definition) is 0. The molecule has 0 bridgehead atoms. The first-order valence-electron chi connectivity index (χ1n) is 14.0. The first-order valence-corrected chi connectivity index (χ1v) is 14.0. The number of nitrogens with zero attached hydrogens (tertiary/aromatic N) is 5. The highest BCUT2D eigenvalue weighted by Crippen LogP contribution is 2.35. The molecule has 3 aromatic carbocycles. The van der Waals surface area contributed by atoms with Crippen LogP contribution < -0.4 is 0 Å². The van der Waals surface area contributed by atoms with Crippen molar-refractivity contribution in [3.05, 3.63) is 120 Å². The Hall–Kier alpha value is -5.03. The molecule has 0 atom stereocenters. The highest BCUT2D eigenvalue weighted by atomic mass is 15.2. The second kappa shape index (κ2) is 10.5. The summed E-state index contributed by atoms with van der Waals surface area (Å²) in [5.41, 5.74) is 9.61. The minimum Gasteiger partial charge on any atom is -0.310 e. The summed E-state index contributed by atoms with van der Waals surface area (Å²) in [5.74, 6) is 1.78. The zero-order chi connectivity index (χ0) is 28.7. The zero-order valence-electron chi connectivity index (χ0n) is 24.0. The normalized spacial score (nSPS) is 11.6. The second-order valence-corrected chi connectivity index (χ2v) is 10.2. The smallest absolute Gasteiger partial charge is 0.238 e. The number of rotatable bonds is 7. The Balaban J connectivity index is 1.69. The van der Waals surface area contributed by atoms with Crippen molar-refractivity contribution in [1.82, 2.24) is 24.1 Å². The van der Waals surface area contributed by atoms with E-state index in [1.165, 1.54) is 22.2 Å². The van der Waals surface area contributed by atoms with E-state index >= 15 is 0 Å². The molecule has 0 spiro atoms. The molecular weight excluding hydrogens is 502 g/mol. The average Bonchev–Trinajstić information content (AvgIpc) is 3.48. The summed E-state index contributed by atoms with van der Waals surface area (Å²) in [5, 5.41) is 2.35. The molecule has 0 unspecified atom stereocenters. The number of aryl methyl sites for hydroxylation is 1. The lowest BCUT2D eigenvalue weighted by molar-refractivity contribution is 0.860. The van der Waals surface area contributed by atoms with Gasteiger partial charge in [0.15, 0.2) is 11.6 Å². The number of benzene rings is 3. The molecule has 3 aromatic heterocycles. The van der Waals surface area contributed by atoms with E-state index in [-0.39, 0.29) is 0 Å². The van der Waals surface area contributed by atoms with Crippen LogP contribution in [0.4, 0.5) is 0 Å². The molecule has 6 rings (SSSR count). The minimum absolute atomic E-state index is 0.575. The van der Waals surface area contributed by atoms with Crippen LogP contribution in [-0.4, -0.2) is 24.1 Å². The van der Waals surface area contributed by atoms with Gasteiger partial charge in [-0.2, -0.15) is 9.97 Å². The van der Waals surface area contributed by atoms with E-state index < -0.39 is 0 Å². The van der Waals surface area contributed by atoms with Crippen molar-refractivity contribution >= 4 is 39.5 Å². The van der Waals surface area contributed by atoms with E-state index in [9.17, 15) is 0 Å². The maximum Gasteiger partial charge on any atom is 0.238 e. The van der Waals surface area contributed by atoms with Crippen LogP contribution >= 0.6 is 0 Å². The van der Waals surface area contributed by atoms with Crippen molar-refractivity contribution in [1.29, 1.82) is 0 Å². The molecular formula is C36H33N5. The standard InChI is InChI=1S/C36H33N5/c1-7-15-31-24(6)28-18-13-14-19-32(28)40(31)26-20-21-29-27(8-2)30(9-3)41(33(29)22-26)36-38-34(23(4)5)37-35(39-36)25-16-11-10-12-17-25/h7-8,10-22H,2,4,9H2,1,3,5-6H3/b15-7-. The fourth-order valence-corrected chi connectivity index (χ4v) is 5.73.